The standard InChI is InChI=1S/C20H26N2O3/c1-13(2)12-21-19(23)16(5)25-20(24)18-11-14(3)22(15(18)4)17-9-7-6-8-10-17/h6-11,13,16H,12H2,1-5H3,(H,21,23). The Morgan fingerprint density at radius 1 is 1.12 bits per heavy atom. The maximum atomic E-state index is 12.5. The fourth-order valence-corrected chi connectivity index (χ4v) is 2.67. The molecule has 5 nitrogen and oxygen atoms in total. The lowest BCUT2D eigenvalue weighted by atomic mass is 10.2. The molecule has 1 heterocycles. The van der Waals surface area contributed by atoms with E-state index < -0.39 is 12.1 Å². The number of hydrogen-bond acceptors (Lipinski definition) is 3. The highest BCUT2D eigenvalue weighted by Gasteiger charge is 2.23. The number of esters is 1. The van der Waals surface area contributed by atoms with Gasteiger partial charge in [0.1, 0.15) is 0 Å². The van der Waals surface area contributed by atoms with Crippen LogP contribution in [0.15, 0.2) is 36.4 Å². The first-order valence-corrected chi connectivity index (χ1v) is 8.54. The van der Waals surface area contributed by atoms with E-state index in [0.29, 0.717) is 18.0 Å². The van der Waals surface area contributed by atoms with Crippen molar-refractivity contribution in [3.63, 3.8) is 0 Å². The summed E-state index contributed by atoms with van der Waals surface area (Å²) in [5, 5.41) is 2.77. The summed E-state index contributed by atoms with van der Waals surface area (Å²) in [7, 11) is 0. The quantitative estimate of drug-likeness (QED) is 0.819. The number of hydrogen-bond donors (Lipinski definition) is 1. The molecule has 1 amide bonds. The molecule has 0 aliphatic heterocycles. The van der Waals surface area contributed by atoms with E-state index in [4.69, 9.17) is 4.74 Å². The SMILES string of the molecule is Cc1cc(C(=O)OC(C)C(=O)NCC(C)C)c(C)n1-c1ccccc1. The molecule has 0 spiro atoms. The van der Waals surface area contributed by atoms with Crippen molar-refractivity contribution >= 4 is 11.9 Å². The van der Waals surface area contributed by atoms with E-state index in [-0.39, 0.29) is 5.91 Å². The summed E-state index contributed by atoms with van der Waals surface area (Å²) in [4.78, 5) is 24.5. The molecule has 1 N–H and O–H groups in total. The molecule has 0 aliphatic rings. The van der Waals surface area contributed by atoms with Gasteiger partial charge in [0.15, 0.2) is 6.10 Å². The fraction of sp³-hybridized carbons (Fsp3) is 0.400. The Morgan fingerprint density at radius 3 is 2.36 bits per heavy atom. The Balaban J connectivity index is 2.14. The van der Waals surface area contributed by atoms with Crippen LogP contribution in [0.5, 0.6) is 0 Å². The molecule has 25 heavy (non-hydrogen) atoms. The van der Waals surface area contributed by atoms with Crippen LogP contribution in [0.25, 0.3) is 5.69 Å². The minimum absolute atomic E-state index is 0.279. The molecule has 0 aliphatic carbocycles. The Bertz CT molecular complexity index is 748. The first-order chi connectivity index (χ1) is 11.8. The summed E-state index contributed by atoms with van der Waals surface area (Å²) in [6.07, 6.45) is -0.828. The van der Waals surface area contributed by atoms with Gasteiger partial charge in [0.25, 0.3) is 5.91 Å². The average molecular weight is 342 g/mol. The second-order valence-electron chi connectivity index (χ2n) is 6.64. The number of aromatic nitrogens is 1. The zero-order valence-corrected chi connectivity index (χ0v) is 15.5. The molecule has 1 aromatic carbocycles. The molecule has 1 unspecified atom stereocenters. The van der Waals surface area contributed by atoms with Crippen molar-refractivity contribution in [2.75, 3.05) is 6.54 Å². The molecule has 0 bridgehead atoms. The second-order valence-corrected chi connectivity index (χ2v) is 6.64. The zero-order valence-electron chi connectivity index (χ0n) is 15.5. The van der Waals surface area contributed by atoms with Gasteiger partial charge in [-0.1, -0.05) is 32.0 Å². The Labute approximate surface area is 149 Å². The van der Waals surface area contributed by atoms with E-state index in [2.05, 4.69) is 5.32 Å². The van der Waals surface area contributed by atoms with Gasteiger partial charge in [-0.05, 0) is 44.9 Å². The predicted molar refractivity (Wildman–Crippen MR) is 98.0 cm³/mol. The molecule has 2 rings (SSSR count). The van der Waals surface area contributed by atoms with Crippen LogP contribution in [0.4, 0.5) is 0 Å². The van der Waals surface area contributed by atoms with E-state index in [1.54, 1.807) is 13.0 Å². The number of aryl methyl sites for hydroxylation is 1. The van der Waals surface area contributed by atoms with Crippen LogP contribution in [0.1, 0.15) is 42.5 Å². The minimum Gasteiger partial charge on any atom is -0.449 e. The normalized spacial score (nSPS) is 12.1. The van der Waals surface area contributed by atoms with Crippen LogP contribution in [-0.2, 0) is 9.53 Å². The van der Waals surface area contributed by atoms with Gasteiger partial charge in [-0.2, -0.15) is 0 Å². The van der Waals surface area contributed by atoms with Gasteiger partial charge in [0.05, 0.1) is 5.56 Å². The maximum absolute atomic E-state index is 12.5. The van der Waals surface area contributed by atoms with E-state index >= 15 is 0 Å². The van der Waals surface area contributed by atoms with Crippen molar-refractivity contribution in [3.8, 4) is 5.69 Å². The largest absolute Gasteiger partial charge is 0.449 e. The van der Waals surface area contributed by atoms with Crippen LogP contribution in [0.2, 0.25) is 0 Å². The molecule has 5 heteroatoms. The molecular formula is C20H26N2O3. The molecule has 0 saturated heterocycles. The van der Waals surface area contributed by atoms with Gasteiger partial charge in [0.2, 0.25) is 0 Å². The molecule has 2 aromatic rings. The summed E-state index contributed by atoms with van der Waals surface area (Å²) in [5.41, 5.74) is 3.19. The highest BCUT2D eigenvalue weighted by atomic mass is 16.5. The molecule has 0 saturated carbocycles. The summed E-state index contributed by atoms with van der Waals surface area (Å²) in [5.74, 6) is -0.418. The number of rotatable bonds is 6. The highest BCUT2D eigenvalue weighted by Crippen LogP contribution is 2.21. The number of ether oxygens (including phenoxy) is 1. The number of para-hydroxylation sites is 1. The third-order valence-electron chi connectivity index (χ3n) is 4.00. The van der Waals surface area contributed by atoms with Gasteiger partial charge in [-0.15, -0.1) is 0 Å². The number of carbonyl (C=O) groups excluding carboxylic acids is 2. The van der Waals surface area contributed by atoms with Crippen molar-refractivity contribution < 1.29 is 14.3 Å². The maximum Gasteiger partial charge on any atom is 0.340 e. The zero-order chi connectivity index (χ0) is 18.6. The van der Waals surface area contributed by atoms with Crippen LogP contribution in [-0.4, -0.2) is 29.1 Å². The van der Waals surface area contributed by atoms with E-state index in [0.717, 1.165) is 17.1 Å². The summed E-state index contributed by atoms with van der Waals surface area (Å²) in [6.45, 7) is 9.98. The summed E-state index contributed by atoms with van der Waals surface area (Å²) >= 11 is 0. The first kappa shape index (κ1) is 18.8. The van der Waals surface area contributed by atoms with Crippen LogP contribution >= 0.6 is 0 Å². The van der Waals surface area contributed by atoms with Crippen molar-refractivity contribution in [1.29, 1.82) is 0 Å². The molecule has 0 fully saturated rings. The van der Waals surface area contributed by atoms with Crippen molar-refractivity contribution in [2.24, 2.45) is 5.92 Å². The second kappa shape index (κ2) is 8.01. The third kappa shape index (κ3) is 4.50. The van der Waals surface area contributed by atoms with Gasteiger partial charge in [-0.25, -0.2) is 4.79 Å². The van der Waals surface area contributed by atoms with Crippen molar-refractivity contribution in [2.45, 2.75) is 40.7 Å². The van der Waals surface area contributed by atoms with Crippen LogP contribution in [0.3, 0.4) is 0 Å². The molecule has 1 aromatic heterocycles. The lowest BCUT2D eigenvalue weighted by Gasteiger charge is -2.15. The summed E-state index contributed by atoms with van der Waals surface area (Å²) < 4.78 is 7.35. The van der Waals surface area contributed by atoms with Gasteiger partial charge < -0.3 is 14.6 Å². The van der Waals surface area contributed by atoms with E-state index in [9.17, 15) is 9.59 Å². The predicted octanol–water partition coefficient (Wildman–Crippen LogP) is 3.41. The van der Waals surface area contributed by atoms with Crippen LogP contribution < -0.4 is 5.32 Å². The van der Waals surface area contributed by atoms with Gasteiger partial charge in [-0.3, -0.25) is 4.79 Å². The van der Waals surface area contributed by atoms with Gasteiger partial charge in [0, 0.05) is 23.6 Å². The van der Waals surface area contributed by atoms with Crippen molar-refractivity contribution in [1.82, 2.24) is 9.88 Å². The number of carbonyl (C=O) groups is 2. The first-order valence-electron chi connectivity index (χ1n) is 8.54. The number of nitrogens with one attached hydrogen (secondary N) is 1. The highest BCUT2D eigenvalue weighted by molar-refractivity contribution is 5.93. The third-order valence-corrected chi connectivity index (χ3v) is 4.00. The van der Waals surface area contributed by atoms with E-state index in [1.165, 1.54) is 0 Å². The monoisotopic (exact) mass is 342 g/mol. The lowest BCUT2D eigenvalue weighted by Crippen LogP contribution is -2.37. The number of nitrogens with zero attached hydrogens (tertiary/aromatic N) is 1. The minimum atomic E-state index is -0.828. The van der Waals surface area contributed by atoms with E-state index in [1.807, 2.05) is 62.6 Å². The average Bonchev–Trinajstić information content (AvgIpc) is 2.87. The molecule has 1 atom stereocenters. The Hall–Kier alpha value is -2.56. The summed E-state index contributed by atoms with van der Waals surface area (Å²) in [6, 6.07) is 11.6. The fourth-order valence-electron chi connectivity index (χ4n) is 2.67. The molecule has 0 radical (unpaired) electrons. The molecular weight excluding hydrogens is 316 g/mol. The van der Waals surface area contributed by atoms with Crippen molar-refractivity contribution in [3.05, 3.63) is 53.3 Å². The lowest BCUT2D eigenvalue weighted by molar-refractivity contribution is -0.129. The number of amides is 1. The Morgan fingerprint density at radius 2 is 1.76 bits per heavy atom. The topological polar surface area (TPSA) is 60.3 Å². The number of benzene rings is 1. The van der Waals surface area contributed by atoms with Crippen LogP contribution in [0, 0.1) is 19.8 Å². The molecule has 134 valence electrons. The smallest absolute Gasteiger partial charge is 0.340 e. The van der Waals surface area contributed by atoms with Gasteiger partial charge >= 0.3 is 5.97 Å². The Kier molecular flexibility index (Phi) is 6.02.